The lowest BCUT2D eigenvalue weighted by Gasteiger charge is -2.05. The van der Waals surface area contributed by atoms with Crippen LogP contribution in [0.3, 0.4) is 0 Å². The molecule has 2 heterocycles. The van der Waals surface area contributed by atoms with Crippen molar-refractivity contribution < 1.29 is 9.52 Å². The van der Waals surface area contributed by atoms with E-state index < -0.39 is 6.10 Å². The van der Waals surface area contributed by atoms with Gasteiger partial charge in [-0.15, -0.1) is 5.10 Å². The second kappa shape index (κ2) is 4.16. The number of aromatic nitrogens is 3. The van der Waals surface area contributed by atoms with Crippen LogP contribution in [0.5, 0.6) is 0 Å². The number of halogens is 1. The largest absolute Gasteiger partial charge is 0.457 e. The maximum absolute atomic E-state index is 9.89. The van der Waals surface area contributed by atoms with E-state index in [-0.39, 0.29) is 0 Å². The summed E-state index contributed by atoms with van der Waals surface area (Å²) >= 11 is 3.22. The van der Waals surface area contributed by atoms with E-state index in [0.29, 0.717) is 11.1 Å². The van der Waals surface area contributed by atoms with Crippen LogP contribution in [-0.2, 0) is 13.5 Å². The van der Waals surface area contributed by atoms with Crippen molar-refractivity contribution in [2.75, 3.05) is 0 Å². The minimum atomic E-state index is -0.630. The van der Waals surface area contributed by atoms with Gasteiger partial charge in [-0.3, -0.25) is 4.68 Å². The second-order valence-corrected chi connectivity index (χ2v) is 3.97. The van der Waals surface area contributed by atoms with Crippen molar-refractivity contribution in [2.45, 2.75) is 12.5 Å². The molecule has 0 amide bonds. The van der Waals surface area contributed by atoms with Crippen molar-refractivity contribution in [1.82, 2.24) is 15.0 Å². The van der Waals surface area contributed by atoms with E-state index in [1.165, 1.54) is 6.26 Å². The molecule has 0 aliphatic carbocycles. The quantitative estimate of drug-likeness (QED) is 0.918. The molecular formula is C9H10BrN3O2. The fourth-order valence-electron chi connectivity index (χ4n) is 1.34. The number of hydrogen-bond donors (Lipinski definition) is 1. The monoisotopic (exact) mass is 271 g/mol. The van der Waals surface area contributed by atoms with E-state index in [9.17, 15) is 5.11 Å². The van der Waals surface area contributed by atoms with Gasteiger partial charge in [-0.25, -0.2) is 0 Å². The molecule has 0 aromatic carbocycles. The first-order valence-electron chi connectivity index (χ1n) is 4.43. The minimum absolute atomic E-state index is 0.423. The van der Waals surface area contributed by atoms with Gasteiger partial charge in [0.15, 0.2) is 4.67 Å². The summed E-state index contributed by atoms with van der Waals surface area (Å²) in [6.45, 7) is 0. The Hall–Kier alpha value is -1.14. The standard InChI is InChI=1S/C9H10BrN3O2/c1-13-5-6(11-12-13)4-8(14)7-2-3-15-9(7)10/h2-3,5,8,14H,4H2,1H3. The number of rotatable bonds is 3. The lowest BCUT2D eigenvalue weighted by atomic mass is 10.1. The van der Waals surface area contributed by atoms with Gasteiger partial charge >= 0.3 is 0 Å². The van der Waals surface area contributed by atoms with E-state index in [4.69, 9.17) is 4.42 Å². The second-order valence-electron chi connectivity index (χ2n) is 3.25. The van der Waals surface area contributed by atoms with Crippen LogP contribution in [-0.4, -0.2) is 20.1 Å². The number of aliphatic hydroxyl groups is 1. The van der Waals surface area contributed by atoms with E-state index in [1.807, 2.05) is 0 Å². The molecule has 0 aliphatic heterocycles. The number of aryl methyl sites for hydroxylation is 1. The molecule has 0 saturated heterocycles. The van der Waals surface area contributed by atoms with Gasteiger partial charge in [-0.1, -0.05) is 5.21 Å². The summed E-state index contributed by atoms with van der Waals surface area (Å²) in [5, 5.41) is 17.6. The molecule has 80 valence electrons. The summed E-state index contributed by atoms with van der Waals surface area (Å²) in [6, 6.07) is 1.73. The molecule has 15 heavy (non-hydrogen) atoms. The summed E-state index contributed by atoms with van der Waals surface area (Å²) < 4.78 is 7.20. The van der Waals surface area contributed by atoms with Crippen molar-refractivity contribution in [3.8, 4) is 0 Å². The summed E-state index contributed by atoms with van der Waals surface area (Å²) in [6.07, 6.45) is 3.09. The Morgan fingerprint density at radius 1 is 1.67 bits per heavy atom. The molecule has 0 saturated carbocycles. The van der Waals surface area contributed by atoms with Crippen LogP contribution in [0.15, 0.2) is 27.6 Å². The van der Waals surface area contributed by atoms with Crippen LogP contribution in [0.1, 0.15) is 17.4 Å². The lowest BCUT2D eigenvalue weighted by Crippen LogP contribution is -2.01. The van der Waals surface area contributed by atoms with Crippen molar-refractivity contribution in [1.29, 1.82) is 0 Å². The molecule has 0 fully saturated rings. The first-order chi connectivity index (χ1) is 7.16. The van der Waals surface area contributed by atoms with Crippen molar-refractivity contribution in [3.63, 3.8) is 0 Å². The van der Waals surface area contributed by atoms with Crippen LogP contribution in [0.2, 0.25) is 0 Å². The average molecular weight is 272 g/mol. The van der Waals surface area contributed by atoms with E-state index in [2.05, 4.69) is 26.2 Å². The van der Waals surface area contributed by atoms with Gasteiger partial charge in [0.1, 0.15) is 0 Å². The Bertz CT molecular complexity index is 452. The zero-order valence-electron chi connectivity index (χ0n) is 8.09. The maximum Gasteiger partial charge on any atom is 0.174 e. The summed E-state index contributed by atoms with van der Waals surface area (Å²) in [4.78, 5) is 0. The third-order valence-corrected chi connectivity index (χ3v) is 2.70. The fourth-order valence-corrected chi connectivity index (χ4v) is 1.84. The van der Waals surface area contributed by atoms with Crippen molar-refractivity contribution >= 4 is 15.9 Å². The smallest absolute Gasteiger partial charge is 0.174 e. The maximum atomic E-state index is 9.89. The highest BCUT2D eigenvalue weighted by molar-refractivity contribution is 9.10. The number of furan rings is 1. The Balaban J connectivity index is 2.10. The molecular weight excluding hydrogens is 262 g/mol. The molecule has 6 heteroatoms. The molecule has 1 N–H and O–H groups in total. The minimum Gasteiger partial charge on any atom is -0.457 e. The van der Waals surface area contributed by atoms with Gasteiger partial charge in [0.2, 0.25) is 0 Å². The van der Waals surface area contributed by atoms with Crippen LogP contribution in [0.25, 0.3) is 0 Å². The third kappa shape index (κ3) is 2.27. The SMILES string of the molecule is Cn1cc(CC(O)c2ccoc2Br)nn1. The summed E-state index contributed by atoms with van der Waals surface area (Å²) in [5.74, 6) is 0. The van der Waals surface area contributed by atoms with Crippen LogP contribution in [0.4, 0.5) is 0 Å². The molecule has 0 bridgehead atoms. The number of nitrogens with zero attached hydrogens (tertiary/aromatic N) is 3. The third-order valence-electron chi connectivity index (χ3n) is 2.06. The van der Waals surface area contributed by atoms with Gasteiger partial charge in [-0.05, 0) is 22.0 Å². The average Bonchev–Trinajstić information content (AvgIpc) is 2.75. The first-order valence-corrected chi connectivity index (χ1v) is 5.22. The van der Waals surface area contributed by atoms with E-state index in [0.717, 1.165) is 11.3 Å². The zero-order chi connectivity index (χ0) is 10.8. The Morgan fingerprint density at radius 3 is 3.00 bits per heavy atom. The van der Waals surface area contributed by atoms with Crippen LogP contribution >= 0.6 is 15.9 Å². The van der Waals surface area contributed by atoms with Gasteiger partial charge in [0.25, 0.3) is 0 Å². The molecule has 1 atom stereocenters. The van der Waals surface area contributed by atoms with Crippen molar-refractivity contribution in [2.24, 2.45) is 7.05 Å². The van der Waals surface area contributed by atoms with Crippen molar-refractivity contribution in [3.05, 3.63) is 34.5 Å². The molecule has 0 radical (unpaired) electrons. The summed E-state index contributed by atoms with van der Waals surface area (Å²) in [7, 11) is 1.79. The van der Waals surface area contributed by atoms with E-state index >= 15 is 0 Å². The van der Waals surface area contributed by atoms with Gasteiger partial charge in [0, 0.05) is 25.2 Å². The zero-order valence-corrected chi connectivity index (χ0v) is 9.68. The fraction of sp³-hybridized carbons (Fsp3) is 0.333. The topological polar surface area (TPSA) is 64.1 Å². The highest BCUT2D eigenvalue weighted by Crippen LogP contribution is 2.26. The molecule has 2 aromatic rings. The van der Waals surface area contributed by atoms with Crippen LogP contribution in [0, 0.1) is 0 Å². The van der Waals surface area contributed by atoms with E-state index in [1.54, 1.807) is 24.0 Å². The highest BCUT2D eigenvalue weighted by Gasteiger charge is 2.15. The number of aliphatic hydroxyl groups excluding tert-OH is 1. The molecule has 0 spiro atoms. The Morgan fingerprint density at radius 2 is 2.47 bits per heavy atom. The normalized spacial score (nSPS) is 13.0. The Kier molecular flexibility index (Phi) is 2.88. The predicted molar refractivity (Wildman–Crippen MR) is 56.1 cm³/mol. The van der Waals surface area contributed by atoms with Gasteiger partial charge in [-0.2, -0.15) is 0 Å². The molecule has 5 nitrogen and oxygen atoms in total. The molecule has 1 unspecified atom stereocenters. The Labute approximate surface area is 94.8 Å². The molecule has 2 aromatic heterocycles. The van der Waals surface area contributed by atoms with Gasteiger partial charge < -0.3 is 9.52 Å². The highest BCUT2D eigenvalue weighted by atomic mass is 79.9. The van der Waals surface area contributed by atoms with Crippen LogP contribution < -0.4 is 0 Å². The number of hydrogen-bond acceptors (Lipinski definition) is 4. The molecule has 0 aliphatic rings. The molecule has 2 rings (SSSR count). The summed E-state index contributed by atoms with van der Waals surface area (Å²) in [5.41, 5.74) is 1.47. The lowest BCUT2D eigenvalue weighted by molar-refractivity contribution is 0.175. The van der Waals surface area contributed by atoms with Gasteiger partial charge in [0.05, 0.1) is 18.1 Å². The first kappa shape index (κ1) is 10.4. The predicted octanol–water partition coefficient (Wildman–Crippen LogP) is 1.45.